The molecule has 2 aromatic rings. The van der Waals surface area contributed by atoms with Crippen LogP contribution in [-0.4, -0.2) is 24.4 Å². The molecule has 22 heavy (non-hydrogen) atoms. The van der Waals surface area contributed by atoms with Gasteiger partial charge in [-0.3, -0.25) is 0 Å². The molecular formula is C18H17NO3. The van der Waals surface area contributed by atoms with Crippen molar-refractivity contribution in [3.63, 3.8) is 0 Å². The first kappa shape index (κ1) is 14.3. The number of oxime groups is 1. The van der Waals surface area contributed by atoms with E-state index in [0.29, 0.717) is 6.61 Å². The van der Waals surface area contributed by atoms with Crippen molar-refractivity contribution in [2.24, 2.45) is 5.16 Å². The van der Waals surface area contributed by atoms with Gasteiger partial charge in [0.2, 0.25) is 6.10 Å². The lowest BCUT2D eigenvalue weighted by atomic mass is 9.86. The Hall–Kier alpha value is -2.62. The summed E-state index contributed by atoms with van der Waals surface area (Å²) in [4.78, 5) is 17.6. The van der Waals surface area contributed by atoms with Crippen LogP contribution in [0.3, 0.4) is 0 Å². The third kappa shape index (κ3) is 2.72. The lowest BCUT2D eigenvalue weighted by Crippen LogP contribution is -2.31. The fraction of sp³-hybridized carbons (Fsp3) is 0.222. The van der Waals surface area contributed by atoms with Crippen molar-refractivity contribution >= 4 is 11.7 Å². The van der Waals surface area contributed by atoms with E-state index in [0.717, 1.165) is 16.8 Å². The van der Waals surface area contributed by atoms with Crippen LogP contribution >= 0.6 is 0 Å². The van der Waals surface area contributed by atoms with Crippen LogP contribution in [0.25, 0.3) is 0 Å². The molecule has 0 amide bonds. The number of ether oxygens (including phenoxy) is 1. The van der Waals surface area contributed by atoms with E-state index in [2.05, 4.69) is 5.16 Å². The van der Waals surface area contributed by atoms with Gasteiger partial charge in [-0.25, -0.2) is 4.79 Å². The highest BCUT2D eigenvalue weighted by atomic mass is 16.7. The largest absolute Gasteiger partial charge is 0.463 e. The molecule has 0 bridgehead atoms. The second-order valence-corrected chi connectivity index (χ2v) is 5.01. The van der Waals surface area contributed by atoms with Crippen molar-refractivity contribution < 1.29 is 14.4 Å². The SMILES string of the molecule is CCOC(=O)[C@@H]1ON=C(c2ccccc2)[C@H]1c1ccccc1. The number of hydrogen-bond acceptors (Lipinski definition) is 4. The van der Waals surface area contributed by atoms with Crippen LogP contribution < -0.4 is 0 Å². The zero-order chi connectivity index (χ0) is 15.4. The van der Waals surface area contributed by atoms with Gasteiger partial charge in [0.05, 0.1) is 18.2 Å². The van der Waals surface area contributed by atoms with Gasteiger partial charge in [0, 0.05) is 5.56 Å². The van der Waals surface area contributed by atoms with Crippen LogP contribution in [0.2, 0.25) is 0 Å². The molecule has 1 aliphatic rings. The molecule has 0 saturated heterocycles. The van der Waals surface area contributed by atoms with E-state index in [9.17, 15) is 4.79 Å². The van der Waals surface area contributed by atoms with Crippen LogP contribution in [0.15, 0.2) is 65.8 Å². The van der Waals surface area contributed by atoms with Crippen LogP contribution in [0.1, 0.15) is 24.0 Å². The van der Waals surface area contributed by atoms with E-state index in [-0.39, 0.29) is 11.9 Å². The maximum absolute atomic E-state index is 12.2. The molecule has 112 valence electrons. The lowest BCUT2D eigenvalue weighted by molar-refractivity contribution is -0.155. The Morgan fingerprint density at radius 3 is 2.36 bits per heavy atom. The number of esters is 1. The second kappa shape index (κ2) is 6.43. The molecule has 2 aromatic carbocycles. The Kier molecular flexibility index (Phi) is 4.19. The molecule has 1 aliphatic heterocycles. The zero-order valence-electron chi connectivity index (χ0n) is 12.3. The van der Waals surface area contributed by atoms with Crippen molar-refractivity contribution in [1.82, 2.24) is 0 Å². The van der Waals surface area contributed by atoms with Gasteiger partial charge in [-0.2, -0.15) is 0 Å². The fourth-order valence-electron chi connectivity index (χ4n) is 2.61. The Bertz CT molecular complexity index is 667. The van der Waals surface area contributed by atoms with E-state index < -0.39 is 6.10 Å². The zero-order valence-corrected chi connectivity index (χ0v) is 12.3. The highest BCUT2D eigenvalue weighted by molar-refractivity contribution is 6.08. The Balaban J connectivity index is 1.98. The summed E-state index contributed by atoms with van der Waals surface area (Å²) in [7, 11) is 0. The van der Waals surface area contributed by atoms with Gasteiger partial charge in [-0.1, -0.05) is 65.8 Å². The summed E-state index contributed by atoms with van der Waals surface area (Å²) < 4.78 is 5.12. The predicted molar refractivity (Wildman–Crippen MR) is 83.7 cm³/mol. The quantitative estimate of drug-likeness (QED) is 0.814. The van der Waals surface area contributed by atoms with Gasteiger partial charge in [-0.05, 0) is 12.5 Å². The van der Waals surface area contributed by atoms with Gasteiger partial charge >= 0.3 is 5.97 Å². The van der Waals surface area contributed by atoms with Crippen molar-refractivity contribution in [2.75, 3.05) is 6.61 Å². The van der Waals surface area contributed by atoms with Gasteiger partial charge < -0.3 is 9.57 Å². The third-order valence-corrected chi connectivity index (χ3v) is 3.61. The summed E-state index contributed by atoms with van der Waals surface area (Å²) in [5.41, 5.74) is 2.69. The average molecular weight is 295 g/mol. The van der Waals surface area contributed by atoms with E-state index in [1.165, 1.54) is 0 Å². The van der Waals surface area contributed by atoms with Crippen LogP contribution in [0, 0.1) is 0 Å². The molecule has 0 radical (unpaired) electrons. The maximum Gasteiger partial charge on any atom is 0.351 e. The first-order chi connectivity index (χ1) is 10.8. The van der Waals surface area contributed by atoms with Gasteiger partial charge in [-0.15, -0.1) is 0 Å². The topological polar surface area (TPSA) is 47.9 Å². The first-order valence-corrected chi connectivity index (χ1v) is 7.32. The summed E-state index contributed by atoms with van der Waals surface area (Å²) in [6, 6.07) is 19.5. The Morgan fingerprint density at radius 1 is 1.09 bits per heavy atom. The minimum Gasteiger partial charge on any atom is -0.463 e. The predicted octanol–water partition coefficient (Wildman–Crippen LogP) is 3.14. The van der Waals surface area contributed by atoms with E-state index in [4.69, 9.17) is 9.57 Å². The lowest BCUT2D eigenvalue weighted by Gasteiger charge is -2.18. The molecule has 4 nitrogen and oxygen atoms in total. The van der Waals surface area contributed by atoms with Crippen molar-refractivity contribution in [1.29, 1.82) is 0 Å². The number of carbonyl (C=O) groups is 1. The smallest absolute Gasteiger partial charge is 0.351 e. The van der Waals surface area contributed by atoms with Crippen molar-refractivity contribution in [3.8, 4) is 0 Å². The number of nitrogens with zero attached hydrogens (tertiary/aromatic N) is 1. The van der Waals surface area contributed by atoms with Crippen LogP contribution in [-0.2, 0) is 14.4 Å². The summed E-state index contributed by atoms with van der Waals surface area (Å²) in [6.07, 6.45) is -0.738. The number of carbonyl (C=O) groups excluding carboxylic acids is 1. The van der Waals surface area contributed by atoms with Crippen LogP contribution in [0.5, 0.6) is 0 Å². The molecule has 0 N–H and O–H groups in total. The fourth-order valence-corrected chi connectivity index (χ4v) is 2.61. The summed E-state index contributed by atoms with van der Waals surface area (Å²) in [5.74, 6) is -0.645. The molecular weight excluding hydrogens is 278 g/mol. The maximum atomic E-state index is 12.2. The molecule has 0 spiro atoms. The average Bonchev–Trinajstić information content (AvgIpc) is 3.02. The number of benzene rings is 2. The van der Waals surface area contributed by atoms with E-state index >= 15 is 0 Å². The molecule has 2 atom stereocenters. The molecule has 1 heterocycles. The molecule has 3 rings (SSSR count). The highest BCUT2D eigenvalue weighted by Crippen LogP contribution is 2.33. The summed E-state index contributed by atoms with van der Waals surface area (Å²) >= 11 is 0. The normalized spacial score (nSPS) is 20.1. The van der Waals surface area contributed by atoms with Gasteiger partial charge in [0.1, 0.15) is 0 Å². The number of hydrogen-bond donors (Lipinski definition) is 0. The first-order valence-electron chi connectivity index (χ1n) is 7.32. The molecule has 0 aromatic heterocycles. The molecule has 0 aliphatic carbocycles. The Morgan fingerprint density at radius 2 is 1.73 bits per heavy atom. The number of rotatable bonds is 4. The highest BCUT2D eigenvalue weighted by Gasteiger charge is 2.42. The van der Waals surface area contributed by atoms with Crippen molar-refractivity contribution in [2.45, 2.75) is 18.9 Å². The monoisotopic (exact) mass is 295 g/mol. The standard InChI is InChI=1S/C18H17NO3/c1-2-21-18(20)17-15(13-9-5-3-6-10-13)16(19-22-17)14-11-7-4-8-12-14/h3-12,15,17H,2H2,1H3/t15-,17-/m1/s1. The molecule has 0 saturated carbocycles. The molecule has 0 fully saturated rings. The van der Waals surface area contributed by atoms with Crippen molar-refractivity contribution in [3.05, 3.63) is 71.8 Å². The van der Waals surface area contributed by atoms with Gasteiger partial charge in [0.25, 0.3) is 0 Å². The summed E-state index contributed by atoms with van der Waals surface area (Å²) in [5, 5.41) is 4.16. The second-order valence-electron chi connectivity index (χ2n) is 5.01. The van der Waals surface area contributed by atoms with Gasteiger partial charge in [0.15, 0.2) is 0 Å². The minimum atomic E-state index is -0.738. The summed E-state index contributed by atoms with van der Waals surface area (Å²) in [6.45, 7) is 2.10. The van der Waals surface area contributed by atoms with E-state index in [1.54, 1.807) is 6.92 Å². The minimum absolute atomic E-state index is 0.261. The van der Waals surface area contributed by atoms with E-state index in [1.807, 2.05) is 60.7 Å². The molecule has 0 unspecified atom stereocenters. The third-order valence-electron chi connectivity index (χ3n) is 3.61. The molecule has 4 heteroatoms. The Labute approximate surface area is 129 Å². The van der Waals surface area contributed by atoms with Crippen LogP contribution in [0.4, 0.5) is 0 Å².